The fourth-order valence-corrected chi connectivity index (χ4v) is 3.45. The lowest BCUT2D eigenvalue weighted by atomic mass is 10.2. The van der Waals surface area contributed by atoms with E-state index in [1.807, 2.05) is 42.5 Å². The summed E-state index contributed by atoms with van der Waals surface area (Å²) in [6.07, 6.45) is 1.06. The molecule has 1 aromatic heterocycles. The molecule has 6 heteroatoms. The number of anilines is 1. The maximum atomic E-state index is 6.21. The minimum atomic E-state index is 0.689. The van der Waals surface area contributed by atoms with Crippen molar-refractivity contribution in [3.63, 3.8) is 0 Å². The summed E-state index contributed by atoms with van der Waals surface area (Å²) < 4.78 is 1.04. The molecule has 0 amide bonds. The third-order valence-electron chi connectivity index (χ3n) is 4.60. The van der Waals surface area contributed by atoms with Gasteiger partial charge in [-0.25, -0.2) is 9.97 Å². The number of hydrogen-bond acceptors (Lipinski definition) is 4. The van der Waals surface area contributed by atoms with Crippen LogP contribution in [0.15, 0.2) is 46.9 Å². The van der Waals surface area contributed by atoms with E-state index in [0.717, 1.165) is 59.4 Å². The molecule has 0 radical (unpaired) electrons. The molecule has 3 rings (SSSR count). The first-order valence-electron chi connectivity index (χ1n) is 9.30. The van der Waals surface area contributed by atoms with Gasteiger partial charge in [0.1, 0.15) is 5.82 Å². The molecule has 0 saturated heterocycles. The Bertz CT molecular complexity index is 895. The maximum absolute atomic E-state index is 6.21. The van der Waals surface area contributed by atoms with Crippen molar-refractivity contribution in [3.05, 3.63) is 52.0 Å². The summed E-state index contributed by atoms with van der Waals surface area (Å²) >= 11 is 9.68. The van der Waals surface area contributed by atoms with Crippen molar-refractivity contribution in [3.8, 4) is 11.4 Å². The van der Waals surface area contributed by atoms with Crippen LogP contribution < -0.4 is 5.32 Å². The van der Waals surface area contributed by atoms with Crippen molar-refractivity contribution in [2.45, 2.75) is 20.3 Å². The van der Waals surface area contributed by atoms with Crippen molar-refractivity contribution >= 4 is 44.3 Å². The van der Waals surface area contributed by atoms with E-state index >= 15 is 0 Å². The Labute approximate surface area is 174 Å². The van der Waals surface area contributed by atoms with Crippen LogP contribution in [0.5, 0.6) is 0 Å². The van der Waals surface area contributed by atoms with Crippen molar-refractivity contribution in [1.29, 1.82) is 0 Å². The van der Waals surface area contributed by atoms with Crippen LogP contribution in [-0.4, -0.2) is 41.0 Å². The average molecular weight is 448 g/mol. The van der Waals surface area contributed by atoms with Gasteiger partial charge in [0, 0.05) is 27.0 Å². The molecule has 0 aliphatic carbocycles. The summed E-state index contributed by atoms with van der Waals surface area (Å²) in [6, 6.07) is 13.8. The van der Waals surface area contributed by atoms with Gasteiger partial charge in [0.25, 0.3) is 0 Å². The van der Waals surface area contributed by atoms with Gasteiger partial charge in [0.2, 0.25) is 0 Å². The number of nitrogens with one attached hydrogen (secondary N) is 1. The summed E-state index contributed by atoms with van der Waals surface area (Å²) in [5.41, 5.74) is 1.87. The third kappa shape index (κ3) is 5.18. The molecule has 4 nitrogen and oxygen atoms in total. The van der Waals surface area contributed by atoms with E-state index in [1.165, 1.54) is 0 Å². The first kappa shape index (κ1) is 20.1. The summed E-state index contributed by atoms with van der Waals surface area (Å²) in [5, 5.41) is 5.13. The predicted octanol–water partition coefficient (Wildman–Crippen LogP) is 5.86. The molecule has 0 fully saturated rings. The smallest absolute Gasteiger partial charge is 0.162 e. The summed E-state index contributed by atoms with van der Waals surface area (Å²) in [7, 11) is 0. The minimum absolute atomic E-state index is 0.689. The molecule has 3 aromatic rings. The zero-order valence-corrected chi connectivity index (χ0v) is 18.0. The number of hydrogen-bond donors (Lipinski definition) is 1. The van der Waals surface area contributed by atoms with Crippen LogP contribution in [0.3, 0.4) is 0 Å². The van der Waals surface area contributed by atoms with Gasteiger partial charge in [0.05, 0.1) is 5.52 Å². The average Bonchev–Trinajstić information content (AvgIpc) is 2.68. The molecule has 2 aromatic carbocycles. The highest BCUT2D eigenvalue weighted by atomic mass is 79.9. The second-order valence-corrected chi connectivity index (χ2v) is 7.72. The number of fused-ring (bicyclic) bond motifs is 1. The Morgan fingerprint density at radius 2 is 1.78 bits per heavy atom. The lowest BCUT2D eigenvalue weighted by Crippen LogP contribution is -2.25. The zero-order valence-electron chi connectivity index (χ0n) is 15.7. The first-order valence-corrected chi connectivity index (χ1v) is 10.5. The van der Waals surface area contributed by atoms with Crippen molar-refractivity contribution < 1.29 is 0 Å². The van der Waals surface area contributed by atoms with Gasteiger partial charge in [-0.15, -0.1) is 0 Å². The SMILES string of the molecule is CCN(CC)CCCNc1nc(-c2ccc(Br)cc2)nc2ccc(Cl)cc12. The molecule has 0 unspecified atom stereocenters. The van der Waals surface area contributed by atoms with E-state index in [9.17, 15) is 0 Å². The molecule has 0 bridgehead atoms. The molecule has 1 N–H and O–H groups in total. The summed E-state index contributed by atoms with van der Waals surface area (Å²) in [6.45, 7) is 8.48. The van der Waals surface area contributed by atoms with Gasteiger partial charge in [-0.2, -0.15) is 0 Å². The Balaban J connectivity index is 1.87. The number of nitrogens with zero attached hydrogens (tertiary/aromatic N) is 3. The van der Waals surface area contributed by atoms with E-state index in [2.05, 4.69) is 40.0 Å². The highest BCUT2D eigenvalue weighted by Gasteiger charge is 2.10. The zero-order chi connectivity index (χ0) is 19.2. The van der Waals surface area contributed by atoms with Gasteiger partial charge in [-0.1, -0.05) is 53.5 Å². The van der Waals surface area contributed by atoms with Crippen LogP contribution in [0, 0.1) is 0 Å². The highest BCUT2D eigenvalue weighted by Crippen LogP contribution is 2.28. The Kier molecular flexibility index (Phi) is 7.05. The van der Waals surface area contributed by atoms with Crippen LogP contribution in [0.2, 0.25) is 5.02 Å². The standard InChI is InChI=1S/C21H24BrClN4/c1-3-27(4-2)13-5-12-24-21-18-14-17(23)10-11-19(18)25-20(26-21)15-6-8-16(22)9-7-15/h6-11,14H,3-5,12-13H2,1-2H3,(H,24,25,26). The van der Waals surface area contributed by atoms with Gasteiger partial charge >= 0.3 is 0 Å². The maximum Gasteiger partial charge on any atom is 0.162 e. The fraction of sp³-hybridized carbons (Fsp3) is 0.333. The van der Waals surface area contributed by atoms with Gasteiger partial charge in [0.15, 0.2) is 5.82 Å². The molecule has 0 aliphatic heterocycles. The number of halogens is 2. The number of rotatable bonds is 8. The highest BCUT2D eigenvalue weighted by molar-refractivity contribution is 9.10. The molecule has 0 spiro atoms. The van der Waals surface area contributed by atoms with E-state index < -0.39 is 0 Å². The van der Waals surface area contributed by atoms with Crippen molar-refractivity contribution in [1.82, 2.24) is 14.9 Å². The van der Waals surface area contributed by atoms with E-state index in [0.29, 0.717) is 10.8 Å². The predicted molar refractivity (Wildman–Crippen MR) is 119 cm³/mol. The van der Waals surface area contributed by atoms with Crippen LogP contribution in [-0.2, 0) is 0 Å². The molecular weight excluding hydrogens is 424 g/mol. The van der Waals surface area contributed by atoms with Gasteiger partial charge in [-0.05, 0) is 56.4 Å². The van der Waals surface area contributed by atoms with Gasteiger partial charge < -0.3 is 10.2 Å². The second-order valence-electron chi connectivity index (χ2n) is 6.37. The fourth-order valence-electron chi connectivity index (χ4n) is 3.01. The van der Waals surface area contributed by atoms with Crippen LogP contribution >= 0.6 is 27.5 Å². The lowest BCUT2D eigenvalue weighted by Gasteiger charge is -2.18. The molecule has 142 valence electrons. The molecule has 0 atom stereocenters. The van der Waals surface area contributed by atoms with Crippen LogP contribution in [0.25, 0.3) is 22.3 Å². The monoisotopic (exact) mass is 446 g/mol. The molecular formula is C21H24BrClN4. The summed E-state index contributed by atoms with van der Waals surface area (Å²) in [5.74, 6) is 1.54. The van der Waals surface area contributed by atoms with Crippen molar-refractivity contribution in [2.75, 3.05) is 31.5 Å². The van der Waals surface area contributed by atoms with Gasteiger partial charge in [-0.3, -0.25) is 0 Å². The van der Waals surface area contributed by atoms with Crippen molar-refractivity contribution in [2.24, 2.45) is 0 Å². The van der Waals surface area contributed by atoms with E-state index in [-0.39, 0.29) is 0 Å². The molecule has 27 heavy (non-hydrogen) atoms. The van der Waals surface area contributed by atoms with Crippen LogP contribution in [0.4, 0.5) is 5.82 Å². The molecule has 0 aliphatic rings. The van der Waals surface area contributed by atoms with Crippen LogP contribution in [0.1, 0.15) is 20.3 Å². The second kappa shape index (κ2) is 9.49. The Morgan fingerprint density at radius 3 is 2.48 bits per heavy atom. The largest absolute Gasteiger partial charge is 0.369 e. The molecule has 1 heterocycles. The lowest BCUT2D eigenvalue weighted by molar-refractivity contribution is 0.303. The number of benzene rings is 2. The quantitative estimate of drug-likeness (QED) is 0.439. The molecule has 0 saturated carbocycles. The normalized spacial score (nSPS) is 11.3. The number of aromatic nitrogens is 2. The van der Waals surface area contributed by atoms with E-state index in [1.54, 1.807) is 0 Å². The Morgan fingerprint density at radius 1 is 1.04 bits per heavy atom. The topological polar surface area (TPSA) is 41.0 Å². The third-order valence-corrected chi connectivity index (χ3v) is 5.36. The summed E-state index contributed by atoms with van der Waals surface area (Å²) in [4.78, 5) is 11.9. The first-order chi connectivity index (χ1) is 13.1. The Hall–Kier alpha value is -1.69. The minimum Gasteiger partial charge on any atom is -0.369 e. The van der Waals surface area contributed by atoms with E-state index in [4.69, 9.17) is 21.6 Å².